The number of amides is 1. The van der Waals surface area contributed by atoms with E-state index >= 15 is 0 Å². The molecule has 0 saturated carbocycles. The highest BCUT2D eigenvalue weighted by Gasteiger charge is 2.20. The summed E-state index contributed by atoms with van der Waals surface area (Å²) in [7, 11) is 0. The van der Waals surface area contributed by atoms with Gasteiger partial charge in [-0.3, -0.25) is 9.69 Å². The molecule has 24 heavy (non-hydrogen) atoms. The van der Waals surface area contributed by atoms with Gasteiger partial charge in [-0.25, -0.2) is 4.98 Å². The molecular formula is C19H23N3OS. The van der Waals surface area contributed by atoms with Crippen LogP contribution >= 0.6 is 11.3 Å². The smallest absolute Gasteiger partial charge is 0.223 e. The van der Waals surface area contributed by atoms with Gasteiger partial charge in [0.05, 0.1) is 5.01 Å². The molecule has 1 aromatic heterocycles. The van der Waals surface area contributed by atoms with Crippen molar-refractivity contribution < 1.29 is 4.79 Å². The van der Waals surface area contributed by atoms with E-state index in [0.717, 1.165) is 44.2 Å². The van der Waals surface area contributed by atoms with E-state index in [9.17, 15) is 4.79 Å². The summed E-state index contributed by atoms with van der Waals surface area (Å²) >= 11 is 1.62. The van der Waals surface area contributed by atoms with Crippen molar-refractivity contribution in [3.8, 4) is 0 Å². The van der Waals surface area contributed by atoms with Gasteiger partial charge in [0, 0.05) is 57.1 Å². The summed E-state index contributed by atoms with van der Waals surface area (Å²) in [6.45, 7) is 4.49. The standard InChI is InChI=1S/C19H23N3OS/c23-19(9-8-18-20-10-16-24-18)22-14-12-21(13-15-22)11-4-7-17-5-2-1-3-6-17/h1-7,10,16H,8-9,11-15H2/b7-4+. The van der Waals surface area contributed by atoms with Crippen molar-refractivity contribution in [3.63, 3.8) is 0 Å². The van der Waals surface area contributed by atoms with Crippen LogP contribution in [-0.4, -0.2) is 53.4 Å². The summed E-state index contributed by atoms with van der Waals surface area (Å²) in [6, 6.07) is 10.3. The molecule has 1 aliphatic heterocycles. The number of hydrogen-bond donors (Lipinski definition) is 0. The third kappa shape index (κ3) is 5.01. The Balaban J connectivity index is 1.37. The molecule has 5 heteroatoms. The summed E-state index contributed by atoms with van der Waals surface area (Å²) < 4.78 is 0. The molecule has 0 bridgehead atoms. The van der Waals surface area contributed by atoms with Crippen LogP contribution in [0.5, 0.6) is 0 Å². The van der Waals surface area contributed by atoms with E-state index in [1.165, 1.54) is 5.56 Å². The molecule has 2 aromatic rings. The molecule has 2 heterocycles. The van der Waals surface area contributed by atoms with Crippen LogP contribution in [0.25, 0.3) is 6.08 Å². The van der Waals surface area contributed by atoms with Crippen molar-refractivity contribution in [2.45, 2.75) is 12.8 Å². The minimum atomic E-state index is 0.254. The first-order valence-electron chi connectivity index (χ1n) is 8.41. The van der Waals surface area contributed by atoms with Gasteiger partial charge >= 0.3 is 0 Å². The first-order valence-corrected chi connectivity index (χ1v) is 9.29. The van der Waals surface area contributed by atoms with E-state index < -0.39 is 0 Å². The van der Waals surface area contributed by atoms with Gasteiger partial charge in [-0.2, -0.15) is 0 Å². The van der Waals surface area contributed by atoms with Gasteiger partial charge in [-0.15, -0.1) is 11.3 Å². The number of aromatic nitrogens is 1. The van der Waals surface area contributed by atoms with Crippen molar-refractivity contribution >= 4 is 23.3 Å². The first kappa shape index (κ1) is 16.9. The van der Waals surface area contributed by atoms with E-state index in [0.29, 0.717) is 6.42 Å². The van der Waals surface area contributed by atoms with E-state index in [-0.39, 0.29) is 5.91 Å². The van der Waals surface area contributed by atoms with Crippen LogP contribution in [0.1, 0.15) is 17.0 Å². The second-order valence-electron chi connectivity index (χ2n) is 5.92. The van der Waals surface area contributed by atoms with Gasteiger partial charge < -0.3 is 4.90 Å². The van der Waals surface area contributed by atoms with Gasteiger partial charge in [-0.05, 0) is 5.56 Å². The fourth-order valence-electron chi connectivity index (χ4n) is 2.83. The molecule has 3 rings (SSSR count). The maximum Gasteiger partial charge on any atom is 0.223 e. The lowest BCUT2D eigenvalue weighted by molar-refractivity contribution is -0.132. The quantitative estimate of drug-likeness (QED) is 0.810. The number of nitrogens with zero attached hydrogens (tertiary/aromatic N) is 3. The molecule has 1 amide bonds. The maximum absolute atomic E-state index is 12.3. The third-order valence-electron chi connectivity index (χ3n) is 4.23. The number of rotatable bonds is 6. The zero-order valence-electron chi connectivity index (χ0n) is 13.8. The number of thiazole rings is 1. The van der Waals surface area contributed by atoms with Crippen LogP contribution < -0.4 is 0 Å². The van der Waals surface area contributed by atoms with Gasteiger partial charge in [-0.1, -0.05) is 42.5 Å². The Kier molecular flexibility index (Phi) is 6.15. The van der Waals surface area contributed by atoms with Crippen LogP contribution in [0, 0.1) is 0 Å². The predicted octanol–water partition coefficient (Wildman–Crippen LogP) is 2.93. The lowest BCUT2D eigenvalue weighted by Crippen LogP contribution is -2.48. The number of piperazine rings is 1. The van der Waals surface area contributed by atoms with E-state index in [2.05, 4.69) is 46.3 Å². The number of carbonyl (C=O) groups excluding carboxylic acids is 1. The molecule has 0 aliphatic carbocycles. The molecule has 1 aliphatic rings. The zero-order valence-corrected chi connectivity index (χ0v) is 14.6. The van der Waals surface area contributed by atoms with Crippen LogP contribution in [0.15, 0.2) is 48.0 Å². The van der Waals surface area contributed by atoms with Crippen LogP contribution in [0.4, 0.5) is 0 Å². The Morgan fingerprint density at radius 1 is 1.17 bits per heavy atom. The summed E-state index contributed by atoms with van der Waals surface area (Å²) in [5, 5.41) is 3.01. The van der Waals surface area contributed by atoms with Crippen LogP contribution in [0.2, 0.25) is 0 Å². The van der Waals surface area contributed by atoms with Gasteiger partial charge in [0.1, 0.15) is 0 Å². The molecule has 1 fully saturated rings. The van der Waals surface area contributed by atoms with E-state index in [4.69, 9.17) is 0 Å². The summed E-state index contributed by atoms with van der Waals surface area (Å²) in [6.07, 6.45) is 7.49. The number of carbonyl (C=O) groups is 1. The normalized spacial score (nSPS) is 15.9. The number of hydrogen-bond acceptors (Lipinski definition) is 4. The van der Waals surface area contributed by atoms with Crippen LogP contribution in [0.3, 0.4) is 0 Å². The van der Waals surface area contributed by atoms with Crippen molar-refractivity contribution in [2.75, 3.05) is 32.7 Å². The highest BCUT2D eigenvalue weighted by Crippen LogP contribution is 2.10. The topological polar surface area (TPSA) is 36.4 Å². The summed E-state index contributed by atoms with van der Waals surface area (Å²) in [4.78, 5) is 20.9. The molecule has 0 radical (unpaired) electrons. The zero-order chi connectivity index (χ0) is 16.6. The molecule has 0 spiro atoms. The van der Waals surface area contributed by atoms with E-state index in [1.807, 2.05) is 16.3 Å². The lowest BCUT2D eigenvalue weighted by atomic mass is 10.2. The molecule has 1 saturated heterocycles. The average molecular weight is 341 g/mol. The Morgan fingerprint density at radius 3 is 2.67 bits per heavy atom. The molecule has 126 valence electrons. The predicted molar refractivity (Wildman–Crippen MR) is 98.9 cm³/mol. The summed E-state index contributed by atoms with van der Waals surface area (Å²) in [5.41, 5.74) is 1.23. The number of aryl methyl sites for hydroxylation is 1. The Morgan fingerprint density at radius 2 is 1.96 bits per heavy atom. The summed E-state index contributed by atoms with van der Waals surface area (Å²) in [5.74, 6) is 0.254. The van der Waals surface area contributed by atoms with Crippen molar-refractivity contribution in [2.24, 2.45) is 0 Å². The SMILES string of the molecule is O=C(CCc1nccs1)N1CCN(C/C=C/c2ccccc2)CC1. The fraction of sp³-hybridized carbons (Fsp3) is 0.368. The molecular weight excluding hydrogens is 318 g/mol. The Hall–Kier alpha value is -1.98. The van der Waals surface area contributed by atoms with Crippen molar-refractivity contribution in [1.29, 1.82) is 0 Å². The largest absolute Gasteiger partial charge is 0.340 e. The average Bonchev–Trinajstić information content (AvgIpc) is 3.15. The monoisotopic (exact) mass is 341 g/mol. The van der Waals surface area contributed by atoms with Gasteiger partial charge in [0.15, 0.2) is 0 Å². The van der Waals surface area contributed by atoms with E-state index in [1.54, 1.807) is 17.5 Å². The van der Waals surface area contributed by atoms with Gasteiger partial charge in [0.2, 0.25) is 5.91 Å². The molecule has 4 nitrogen and oxygen atoms in total. The second-order valence-corrected chi connectivity index (χ2v) is 6.90. The number of benzene rings is 1. The third-order valence-corrected chi connectivity index (χ3v) is 5.07. The molecule has 0 atom stereocenters. The minimum Gasteiger partial charge on any atom is -0.340 e. The highest BCUT2D eigenvalue weighted by molar-refractivity contribution is 7.09. The molecule has 1 aromatic carbocycles. The maximum atomic E-state index is 12.3. The fourth-order valence-corrected chi connectivity index (χ4v) is 3.45. The van der Waals surface area contributed by atoms with Gasteiger partial charge in [0.25, 0.3) is 0 Å². The minimum absolute atomic E-state index is 0.254. The highest BCUT2D eigenvalue weighted by atomic mass is 32.1. The Labute approximate surface area is 147 Å². The molecule has 0 N–H and O–H groups in total. The Bertz CT molecular complexity index is 647. The lowest BCUT2D eigenvalue weighted by Gasteiger charge is -2.34. The second kappa shape index (κ2) is 8.76. The van der Waals surface area contributed by atoms with Crippen molar-refractivity contribution in [1.82, 2.24) is 14.8 Å². The first-order chi connectivity index (χ1) is 11.8. The van der Waals surface area contributed by atoms with Crippen molar-refractivity contribution in [3.05, 3.63) is 58.6 Å². The van der Waals surface area contributed by atoms with Crippen LogP contribution in [-0.2, 0) is 11.2 Å². The molecule has 0 unspecified atom stereocenters.